The first-order valence-electron chi connectivity index (χ1n) is 4.00. The van der Waals surface area contributed by atoms with Crippen molar-refractivity contribution < 1.29 is 8.42 Å². The zero-order chi connectivity index (χ0) is 8.11. The van der Waals surface area contributed by atoms with Gasteiger partial charge in [0, 0.05) is 10.7 Å². The third-order valence-electron chi connectivity index (χ3n) is 3.08. The average Bonchev–Trinajstić information content (AvgIpc) is 2.37. The van der Waals surface area contributed by atoms with E-state index in [-0.39, 0.29) is 0 Å². The van der Waals surface area contributed by atoms with E-state index in [1.165, 1.54) is 6.42 Å². The summed E-state index contributed by atoms with van der Waals surface area (Å²) >= 11 is 0. The molecule has 2 rings (SSSR count). The molecule has 0 spiro atoms. The molecular weight excluding hydrogens is 184 g/mol. The molecule has 4 heteroatoms. The van der Waals surface area contributed by atoms with Crippen LogP contribution in [0.25, 0.3) is 0 Å². The summed E-state index contributed by atoms with van der Waals surface area (Å²) in [6.07, 6.45) is 4.89. The van der Waals surface area contributed by atoms with Gasteiger partial charge in [0.1, 0.15) is 0 Å². The van der Waals surface area contributed by atoms with E-state index in [0.29, 0.717) is 5.92 Å². The molecule has 64 valence electrons. The largest absolute Gasteiger partial charge is 0.238 e. The maximum Gasteiger partial charge on any atom is 0.238 e. The van der Waals surface area contributed by atoms with Gasteiger partial charge in [-0.3, -0.25) is 0 Å². The molecule has 0 N–H and O–H groups in total. The first-order valence-corrected chi connectivity index (χ1v) is 6.31. The van der Waals surface area contributed by atoms with E-state index < -0.39 is 13.8 Å². The summed E-state index contributed by atoms with van der Waals surface area (Å²) in [6, 6.07) is 0. The quantitative estimate of drug-likeness (QED) is 0.630. The van der Waals surface area contributed by atoms with Gasteiger partial charge >= 0.3 is 0 Å². The molecule has 0 aromatic heterocycles. The van der Waals surface area contributed by atoms with E-state index in [0.717, 1.165) is 25.7 Å². The van der Waals surface area contributed by atoms with Gasteiger partial charge in [0.15, 0.2) is 0 Å². The van der Waals surface area contributed by atoms with Crippen molar-refractivity contribution in [2.24, 2.45) is 5.92 Å². The van der Waals surface area contributed by atoms with Crippen molar-refractivity contribution in [1.82, 2.24) is 0 Å². The molecule has 0 amide bonds. The lowest BCUT2D eigenvalue weighted by Crippen LogP contribution is -2.33. The summed E-state index contributed by atoms with van der Waals surface area (Å²) in [6.45, 7) is 0. The van der Waals surface area contributed by atoms with Crippen molar-refractivity contribution in [2.45, 2.75) is 36.9 Å². The molecule has 0 saturated heterocycles. The predicted molar refractivity (Wildman–Crippen MR) is 44.1 cm³/mol. The molecular formula is C7H11ClO2S. The van der Waals surface area contributed by atoms with E-state index in [1.54, 1.807) is 0 Å². The molecule has 0 aromatic carbocycles. The second kappa shape index (κ2) is 2.13. The standard InChI is InChI=1S/C7H11ClO2S/c8-11(9,10)7(4-5-7)6-2-1-3-6/h6H,1-5H2. The maximum absolute atomic E-state index is 11.1. The lowest BCUT2D eigenvalue weighted by Gasteiger charge is -2.31. The van der Waals surface area contributed by atoms with Gasteiger partial charge in [-0.15, -0.1) is 0 Å². The highest BCUT2D eigenvalue weighted by atomic mass is 35.7. The van der Waals surface area contributed by atoms with Gasteiger partial charge in [-0.2, -0.15) is 0 Å². The van der Waals surface area contributed by atoms with Gasteiger partial charge in [-0.1, -0.05) is 6.42 Å². The molecule has 2 fully saturated rings. The Kier molecular flexibility index (Phi) is 1.53. The zero-order valence-corrected chi connectivity index (χ0v) is 7.79. The zero-order valence-electron chi connectivity index (χ0n) is 6.22. The smallest absolute Gasteiger partial charge is 0.212 e. The third kappa shape index (κ3) is 1.01. The van der Waals surface area contributed by atoms with Crippen LogP contribution >= 0.6 is 10.7 Å². The van der Waals surface area contributed by atoms with Gasteiger partial charge < -0.3 is 0 Å². The first-order chi connectivity index (χ1) is 5.06. The van der Waals surface area contributed by atoms with Crippen molar-refractivity contribution in [3.8, 4) is 0 Å². The van der Waals surface area contributed by atoms with Crippen LogP contribution in [0.4, 0.5) is 0 Å². The molecule has 2 aliphatic rings. The lowest BCUT2D eigenvalue weighted by molar-refractivity contribution is 0.290. The average molecular weight is 195 g/mol. The van der Waals surface area contributed by atoms with Gasteiger partial charge in [0.25, 0.3) is 0 Å². The minimum Gasteiger partial charge on any atom is -0.212 e. The van der Waals surface area contributed by atoms with E-state index >= 15 is 0 Å². The van der Waals surface area contributed by atoms with Crippen LogP contribution in [0, 0.1) is 5.92 Å². The fourth-order valence-electron chi connectivity index (χ4n) is 1.91. The van der Waals surface area contributed by atoms with Crippen molar-refractivity contribution >= 4 is 19.7 Å². The van der Waals surface area contributed by atoms with Crippen molar-refractivity contribution in [3.05, 3.63) is 0 Å². The summed E-state index contributed by atoms with van der Waals surface area (Å²) in [7, 11) is 2.09. The molecule has 2 aliphatic carbocycles. The van der Waals surface area contributed by atoms with Crippen LogP contribution in [-0.4, -0.2) is 13.2 Å². The molecule has 0 bridgehead atoms. The summed E-state index contributed by atoms with van der Waals surface area (Å²) in [5.41, 5.74) is 0. The molecule has 2 saturated carbocycles. The minimum atomic E-state index is -3.28. The highest BCUT2D eigenvalue weighted by molar-refractivity contribution is 8.15. The summed E-state index contributed by atoms with van der Waals surface area (Å²) in [5.74, 6) is 0.380. The number of hydrogen-bond donors (Lipinski definition) is 0. The molecule has 11 heavy (non-hydrogen) atoms. The van der Waals surface area contributed by atoms with E-state index in [2.05, 4.69) is 0 Å². The maximum atomic E-state index is 11.1. The van der Waals surface area contributed by atoms with Gasteiger partial charge in [0.05, 0.1) is 4.75 Å². The van der Waals surface area contributed by atoms with Crippen LogP contribution in [0.2, 0.25) is 0 Å². The van der Waals surface area contributed by atoms with Crippen molar-refractivity contribution in [2.75, 3.05) is 0 Å². The molecule has 0 heterocycles. The minimum absolute atomic E-state index is 0.380. The van der Waals surface area contributed by atoms with Crippen LogP contribution in [0.15, 0.2) is 0 Å². The van der Waals surface area contributed by atoms with Crippen LogP contribution in [-0.2, 0) is 9.05 Å². The van der Waals surface area contributed by atoms with E-state index in [9.17, 15) is 8.42 Å². The Balaban J connectivity index is 2.22. The van der Waals surface area contributed by atoms with E-state index in [4.69, 9.17) is 10.7 Å². The molecule has 0 aliphatic heterocycles. The molecule has 0 radical (unpaired) electrons. The fraction of sp³-hybridized carbons (Fsp3) is 1.00. The lowest BCUT2D eigenvalue weighted by atomic mass is 9.81. The van der Waals surface area contributed by atoms with Crippen molar-refractivity contribution in [3.63, 3.8) is 0 Å². The van der Waals surface area contributed by atoms with Crippen LogP contribution < -0.4 is 0 Å². The second-order valence-electron chi connectivity index (χ2n) is 3.63. The van der Waals surface area contributed by atoms with Crippen LogP contribution in [0.5, 0.6) is 0 Å². The fourth-order valence-corrected chi connectivity index (χ4v) is 3.97. The van der Waals surface area contributed by atoms with Crippen molar-refractivity contribution in [1.29, 1.82) is 0 Å². The number of halogens is 1. The normalized spacial score (nSPS) is 29.5. The summed E-state index contributed by atoms with van der Waals surface area (Å²) < 4.78 is 21.8. The molecule has 0 aromatic rings. The monoisotopic (exact) mass is 194 g/mol. The summed E-state index contributed by atoms with van der Waals surface area (Å²) in [5, 5.41) is 0. The van der Waals surface area contributed by atoms with Gasteiger partial charge in [-0.05, 0) is 31.6 Å². The predicted octanol–water partition coefficient (Wildman–Crippen LogP) is 1.89. The second-order valence-corrected chi connectivity index (χ2v) is 6.54. The van der Waals surface area contributed by atoms with Crippen LogP contribution in [0.1, 0.15) is 32.1 Å². The SMILES string of the molecule is O=S(=O)(Cl)C1(C2CCC2)CC1. The Morgan fingerprint density at radius 3 is 1.91 bits per heavy atom. The summed E-state index contributed by atoms with van der Waals surface area (Å²) in [4.78, 5) is 0. The molecule has 0 unspecified atom stereocenters. The van der Waals surface area contributed by atoms with E-state index in [1.807, 2.05) is 0 Å². The molecule has 2 nitrogen and oxygen atoms in total. The van der Waals surface area contributed by atoms with Crippen LogP contribution in [0.3, 0.4) is 0 Å². The topological polar surface area (TPSA) is 34.1 Å². The highest BCUT2D eigenvalue weighted by Gasteiger charge is 2.60. The Morgan fingerprint density at radius 1 is 1.27 bits per heavy atom. The number of rotatable bonds is 2. The Morgan fingerprint density at radius 2 is 1.82 bits per heavy atom. The van der Waals surface area contributed by atoms with Gasteiger partial charge in [0.2, 0.25) is 9.05 Å². The van der Waals surface area contributed by atoms with Gasteiger partial charge in [-0.25, -0.2) is 8.42 Å². The Labute approximate surface area is 71.3 Å². The Hall–Kier alpha value is 0.240. The number of hydrogen-bond acceptors (Lipinski definition) is 2. The highest BCUT2D eigenvalue weighted by Crippen LogP contribution is 2.57. The molecule has 0 atom stereocenters. The first kappa shape index (κ1) is 7.87. The Bertz CT molecular complexity index is 262. The third-order valence-corrected chi connectivity index (χ3v) is 5.71.